The molecule has 1 amide bonds. The van der Waals surface area contributed by atoms with E-state index in [4.69, 9.17) is 17.3 Å². The molecule has 5 nitrogen and oxygen atoms in total. The van der Waals surface area contributed by atoms with Gasteiger partial charge in [-0.15, -0.1) is 0 Å². The minimum absolute atomic E-state index is 0.406. The van der Waals surface area contributed by atoms with E-state index in [-0.39, 0.29) is 0 Å². The molecule has 2 aromatic rings. The number of rotatable bonds is 4. The minimum atomic E-state index is -1.11. The van der Waals surface area contributed by atoms with Crippen LogP contribution in [0.25, 0.3) is 0 Å². The van der Waals surface area contributed by atoms with Crippen LogP contribution in [0.3, 0.4) is 0 Å². The summed E-state index contributed by atoms with van der Waals surface area (Å²) in [4.78, 5) is 25.9. The van der Waals surface area contributed by atoms with Crippen molar-refractivity contribution in [2.45, 2.75) is 24.8 Å². The Labute approximate surface area is 151 Å². The lowest BCUT2D eigenvalue weighted by Crippen LogP contribution is -2.55. The number of carboxylic acid groups (broad SMARTS) is 1. The number of benzene rings is 2. The van der Waals surface area contributed by atoms with Crippen LogP contribution in [0.15, 0.2) is 48.5 Å². The van der Waals surface area contributed by atoms with Gasteiger partial charge >= 0.3 is 5.97 Å². The molecule has 130 valence electrons. The number of amides is 1. The largest absolute Gasteiger partial charge is 0.481 e. The van der Waals surface area contributed by atoms with E-state index in [0.29, 0.717) is 29.1 Å². The van der Waals surface area contributed by atoms with Crippen LogP contribution in [-0.4, -0.2) is 23.5 Å². The van der Waals surface area contributed by atoms with Gasteiger partial charge in [0.15, 0.2) is 0 Å². The summed E-state index contributed by atoms with van der Waals surface area (Å²) in [5, 5.41) is 10.1. The molecule has 0 aromatic heterocycles. The van der Waals surface area contributed by atoms with Crippen LogP contribution in [0.4, 0.5) is 5.69 Å². The molecule has 3 rings (SSSR count). The highest BCUT2D eigenvalue weighted by atomic mass is 35.5. The number of anilines is 1. The molecule has 0 fully saturated rings. The Bertz CT molecular complexity index is 822. The van der Waals surface area contributed by atoms with Crippen molar-refractivity contribution in [3.8, 4) is 0 Å². The Morgan fingerprint density at radius 3 is 2.44 bits per heavy atom. The van der Waals surface area contributed by atoms with Crippen LogP contribution in [0.1, 0.15) is 30.4 Å². The fourth-order valence-corrected chi connectivity index (χ4v) is 3.61. The highest BCUT2D eigenvalue weighted by Crippen LogP contribution is 2.42. The van der Waals surface area contributed by atoms with E-state index in [2.05, 4.69) is 0 Å². The summed E-state index contributed by atoms with van der Waals surface area (Å²) >= 11 is 5.97. The van der Waals surface area contributed by atoms with Gasteiger partial charge in [0.2, 0.25) is 5.91 Å². The minimum Gasteiger partial charge on any atom is -0.481 e. The third kappa shape index (κ3) is 2.85. The van der Waals surface area contributed by atoms with Crippen LogP contribution >= 0.6 is 11.6 Å². The van der Waals surface area contributed by atoms with Crippen molar-refractivity contribution in [2.24, 2.45) is 5.73 Å². The van der Waals surface area contributed by atoms with Gasteiger partial charge in [0.25, 0.3) is 0 Å². The standard InChI is InChI=1S/C19H19ClN2O3/c1-19(18(21)25,12-6-8-13(20)9-7-12)22-11-10-15(17(23)24)14-4-2-3-5-16(14)22/h2-9,15H,10-11H2,1H3,(H2,21,25)(H,23,24). The first kappa shape index (κ1) is 17.3. The first-order chi connectivity index (χ1) is 11.9. The van der Waals surface area contributed by atoms with Crippen molar-refractivity contribution in [3.63, 3.8) is 0 Å². The van der Waals surface area contributed by atoms with Gasteiger partial charge in [-0.25, -0.2) is 0 Å². The van der Waals surface area contributed by atoms with Gasteiger partial charge in [-0.1, -0.05) is 41.9 Å². The smallest absolute Gasteiger partial charge is 0.311 e. The first-order valence-corrected chi connectivity index (χ1v) is 8.39. The molecule has 0 bridgehead atoms. The van der Waals surface area contributed by atoms with Crippen LogP contribution in [-0.2, 0) is 15.1 Å². The van der Waals surface area contributed by atoms with Gasteiger partial charge in [0.1, 0.15) is 5.54 Å². The summed E-state index contributed by atoms with van der Waals surface area (Å²) in [5.74, 6) is -1.95. The van der Waals surface area contributed by atoms with Crippen LogP contribution < -0.4 is 10.6 Å². The van der Waals surface area contributed by atoms with Gasteiger partial charge in [0.05, 0.1) is 5.92 Å². The fourth-order valence-electron chi connectivity index (χ4n) is 3.49. The molecule has 2 atom stereocenters. The predicted molar refractivity (Wildman–Crippen MR) is 96.8 cm³/mol. The van der Waals surface area contributed by atoms with Gasteiger partial charge < -0.3 is 15.7 Å². The Kier molecular flexibility index (Phi) is 4.43. The van der Waals surface area contributed by atoms with Crippen molar-refractivity contribution in [2.75, 3.05) is 11.4 Å². The molecule has 6 heteroatoms. The number of nitrogens with two attached hydrogens (primary N) is 1. The average Bonchev–Trinajstić information content (AvgIpc) is 2.60. The summed E-state index contributed by atoms with van der Waals surface area (Å²) in [5.41, 5.74) is 6.82. The molecule has 3 N–H and O–H groups in total. The highest BCUT2D eigenvalue weighted by molar-refractivity contribution is 6.30. The van der Waals surface area contributed by atoms with E-state index < -0.39 is 23.3 Å². The van der Waals surface area contributed by atoms with E-state index in [1.54, 1.807) is 37.3 Å². The number of carbonyl (C=O) groups is 2. The average molecular weight is 359 g/mol. The van der Waals surface area contributed by atoms with Crippen molar-refractivity contribution < 1.29 is 14.7 Å². The lowest BCUT2D eigenvalue weighted by Gasteiger charge is -2.45. The third-order valence-electron chi connectivity index (χ3n) is 4.97. The summed E-state index contributed by atoms with van der Waals surface area (Å²) in [6, 6.07) is 14.3. The molecule has 1 aliphatic heterocycles. The lowest BCUT2D eigenvalue weighted by molar-refractivity contribution is -0.139. The van der Waals surface area contributed by atoms with Crippen molar-refractivity contribution in [1.29, 1.82) is 0 Å². The van der Waals surface area contributed by atoms with Gasteiger partial charge in [-0.3, -0.25) is 9.59 Å². The quantitative estimate of drug-likeness (QED) is 0.879. The zero-order valence-electron chi connectivity index (χ0n) is 13.8. The normalized spacial score (nSPS) is 19.0. The monoisotopic (exact) mass is 358 g/mol. The van der Waals surface area contributed by atoms with E-state index in [1.165, 1.54) is 0 Å². The van der Waals surface area contributed by atoms with Crippen molar-refractivity contribution in [3.05, 3.63) is 64.7 Å². The number of hydrogen-bond acceptors (Lipinski definition) is 3. The van der Waals surface area contributed by atoms with E-state index >= 15 is 0 Å². The maximum absolute atomic E-state index is 12.5. The van der Waals surface area contributed by atoms with Crippen molar-refractivity contribution in [1.82, 2.24) is 0 Å². The fraction of sp³-hybridized carbons (Fsp3) is 0.263. The maximum atomic E-state index is 12.5. The van der Waals surface area contributed by atoms with Gasteiger partial charge in [-0.2, -0.15) is 0 Å². The molecule has 2 aromatic carbocycles. The maximum Gasteiger partial charge on any atom is 0.311 e. The van der Waals surface area contributed by atoms with E-state index in [9.17, 15) is 14.7 Å². The Hall–Kier alpha value is -2.53. The lowest BCUT2D eigenvalue weighted by atomic mass is 9.83. The molecule has 1 heterocycles. The molecule has 0 saturated heterocycles. The zero-order valence-corrected chi connectivity index (χ0v) is 14.5. The number of hydrogen-bond donors (Lipinski definition) is 2. The highest BCUT2D eigenvalue weighted by Gasteiger charge is 2.43. The van der Waals surface area contributed by atoms with Crippen LogP contribution in [0, 0.1) is 0 Å². The second-order valence-corrected chi connectivity index (χ2v) is 6.77. The number of para-hydroxylation sites is 1. The molecule has 0 spiro atoms. The second-order valence-electron chi connectivity index (χ2n) is 6.33. The second kappa shape index (κ2) is 6.41. The number of carbonyl (C=O) groups excluding carboxylic acids is 1. The SMILES string of the molecule is CC(C(N)=O)(c1ccc(Cl)cc1)N1CCC(C(=O)O)c2ccccc21. The summed E-state index contributed by atoms with van der Waals surface area (Å²) < 4.78 is 0. The summed E-state index contributed by atoms with van der Waals surface area (Å²) in [7, 11) is 0. The number of fused-ring (bicyclic) bond motifs is 1. The molecule has 0 radical (unpaired) electrons. The van der Waals surface area contributed by atoms with Crippen LogP contribution in [0.2, 0.25) is 5.02 Å². The third-order valence-corrected chi connectivity index (χ3v) is 5.22. The topological polar surface area (TPSA) is 83.6 Å². The summed E-state index contributed by atoms with van der Waals surface area (Å²) in [6.07, 6.45) is 0.406. The van der Waals surface area contributed by atoms with Gasteiger partial charge in [0, 0.05) is 17.3 Å². The Morgan fingerprint density at radius 1 is 1.20 bits per heavy atom. The molecular formula is C19H19ClN2O3. The molecule has 2 unspecified atom stereocenters. The number of primary amides is 1. The van der Waals surface area contributed by atoms with Gasteiger partial charge in [-0.05, 0) is 42.7 Å². The number of aliphatic carboxylic acids is 1. The molecule has 0 aliphatic carbocycles. The number of carboxylic acids is 1. The molecular weight excluding hydrogens is 340 g/mol. The molecule has 0 saturated carbocycles. The Balaban J connectivity index is 2.15. The zero-order chi connectivity index (χ0) is 18.2. The van der Waals surface area contributed by atoms with E-state index in [1.807, 2.05) is 23.1 Å². The number of halogens is 1. The van der Waals surface area contributed by atoms with Crippen molar-refractivity contribution >= 4 is 29.2 Å². The molecule has 1 aliphatic rings. The first-order valence-electron chi connectivity index (χ1n) is 8.01. The molecule has 25 heavy (non-hydrogen) atoms. The number of nitrogens with zero attached hydrogens (tertiary/aromatic N) is 1. The Morgan fingerprint density at radius 2 is 1.84 bits per heavy atom. The predicted octanol–water partition coefficient (Wildman–Crippen LogP) is 3.12. The summed E-state index contributed by atoms with van der Waals surface area (Å²) in [6.45, 7) is 2.17. The van der Waals surface area contributed by atoms with Crippen LogP contribution in [0.5, 0.6) is 0 Å². The van der Waals surface area contributed by atoms with E-state index in [0.717, 1.165) is 5.69 Å².